The summed E-state index contributed by atoms with van der Waals surface area (Å²) in [5.41, 5.74) is 7.49. The molecule has 9 nitrogen and oxygen atoms in total. The Morgan fingerprint density at radius 1 is 0.742 bits per heavy atom. The second kappa shape index (κ2) is 22.0. The zero-order chi connectivity index (χ0) is 45.1. The van der Waals surface area contributed by atoms with Gasteiger partial charge in [0.1, 0.15) is 28.7 Å². The van der Waals surface area contributed by atoms with Gasteiger partial charge in [-0.2, -0.15) is 4.98 Å². The molecule has 1 aliphatic carbocycles. The number of unbranched alkanes of at least 4 members (excludes halogenated alkanes) is 3. The van der Waals surface area contributed by atoms with Crippen LogP contribution >= 0.6 is 11.6 Å². The number of hydrogen-bond acceptors (Lipinski definition) is 8. The topological polar surface area (TPSA) is 70.9 Å². The summed E-state index contributed by atoms with van der Waals surface area (Å²) in [6.45, 7) is 8.10. The molecule has 3 heterocycles. The molecule has 0 radical (unpaired) electrons. The van der Waals surface area contributed by atoms with Crippen molar-refractivity contribution in [3.63, 3.8) is 0 Å². The van der Waals surface area contributed by atoms with E-state index in [0.717, 1.165) is 117 Å². The fraction of sp³-hybridized carbons (Fsp3) is 0.345. The average Bonchev–Trinajstić information content (AvgIpc) is 3.72. The normalized spacial score (nSPS) is 15.0. The number of rotatable bonds is 19. The lowest BCUT2D eigenvalue weighted by atomic mass is 9.95. The van der Waals surface area contributed by atoms with E-state index in [-0.39, 0.29) is 0 Å². The predicted octanol–water partition coefficient (Wildman–Crippen LogP) is 13.3. The molecule has 11 heteroatoms. The highest BCUT2D eigenvalue weighted by atomic mass is 35.5. The SMILES string of the molecule is CN(Cc1ccccc1)c1ccc(Oc2ccc(OCCCCCCN3CCN(Cc4ccc(-c5cn(C6CCCCC6)c6nc(Nc7cc(F)cc(Cl)c7)ncc56)cc4)CC3)cc2)cc1. The van der Waals surface area contributed by atoms with E-state index in [0.29, 0.717) is 22.7 Å². The Bertz CT molecular complexity index is 2590. The average molecular weight is 907 g/mol. The maximum absolute atomic E-state index is 14.1. The Morgan fingerprint density at radius 3 is 2.18 bits per heavy atom. The summed E-state index contributed by atoms with van der Waals surface area (Å²) in [6.07, 6.45) is 14.8. The van der Waals surface area contributed by atoms with E-state index in [1.54, 1.807) is 6.07 Å². The highest BCUT2D eigenvalue weighted by molar-refractivity contribution is 6.30. The van der Waals surface area contributed by atoms with Crippen LogP contribution < -0.4 is 19.7 Å². The fourth-order valence-corrected chi connectivity index (χ4v) is 9.59. The highest BCUT2D eigenvalue weighted by Gasteiger charge is 2.22. The summed E-state index contributed by atoms with van der Waals surface area (Å²) in [7, 11) is 2.11. The molecule has 2 aromatic heterocycles. The second-order valence-corrected chi connectivity index (χ2v) is 18.4. The number of anilines is 3. The molecule has 1 saturated heterocycles. The Balaban J connectivity index is 0.676. The number of halogens is 2. The van der Waals surface area contributed by atoms with E-state index in [2.05, 4.69) is 103 Å². The summed E-state index contributed by atoms with van der Waals surface area (Å²) >= 11 is 6.12. The number of ether oxygens (including phenoxy) is 2. The first-order valence-electron chi connectivity index (χ1n) is 23.8. The van der Waals surface area contributed by atoms with Crippen LogP contribution in [0.15, 0.2) is 134 Å². The predicted molar refractivity (Wildman–Crippen MR) is 267 cm³/mol. The smallest absolute Gasteiger partial charge is 0.229 e. The van der Waals surface area contributed by atoms with E-state index < -0.39 is 5.82 Å². The van der Waals surface area contributed by atoms with E-state index in [1.807, 2.05) is 48.7 Å². The molecule has 7 aromatic rings. The van der Waals surface area contributed by atoms with Gasteiger partial charge in [0.15, 0.2) is 0 Å². The number of nitrogens with one attached hydrogen (secondary N) is 1. The van der Waals surface area contributed by atoms with E-state index >= 15 is 0 Å². The Labute approximate surface area is 394 Å². The molecule has 0 unspecified atom stereocenters. The van der Waals surface area contributed by atoms with Gasteiger partial charge in [-0.15, -0.1) is 0 Å². The van der Waals surface area contributed by atoms with Crippen LogP contribution in [-0.4, -0.2) is 70.7 Å². The van der Waals surface area contributed by atoms with Crippen LogP contribution in [0.3, 0.4) is 0 Å². The molecule has 2 aliphatic rings. The third kappa shape index (κ3) is 12.1. The minimum atomic E-state index is -0.405. The second-order valence-electron chi connectivity index (χ2n) is 17.9. The fourth-order valence-electron chi connectivity index (χ4n) is 9.37. The van der Waals surface area contributed by atoms with Crippen LogP contribution in [0, 0.1) is 5.82 Å². The first-order chi connectivity index (χ1) is 32.4. The number of hydrogen-bond donors (Lipinski definition) is 1. The molecule has 0 atom stereocenters. The molecule has 9 rings (SSSR count). The Hall–Kier alpha value is -5.94. The van der Waals surface area contributed by atoms with Crippen molar-refractivity contribution in [1.29, 1.82) is 0 Å². The Morgan fingerprint density at radius 2 is 1.44 bits per heavy atom. The molecule has 342 valence electrons. The van der Waals surface area contributed by atoms with Gasteiger partial charge in [0.05, 0.1) is 6.61 Å². The van der Waals surface area contributed by atoms with Crippen molar-refractivity contribution in [2.45, 2.75) is 76.9 Å². The quantitative estimate of drug-likeness (QED) is 0.0805. The van der Waals surface area contributed by atoms with Crippen LogP contribution in [0.4, 0.5) is 21.7 Å². The van der Waals surface area contributed by atoms with Crippen LogP contribution in [0.1, 0.15) is 75.0 Å². The first-order valence-corrected chi connectivity index (χ1v) is 24.2. The number of piperazine rings is 1. The van der Waals surface area contributed by atoms with Crippen molar-refractivity contribution in [3.8, 4) is 28.4 Å². The van der Waals surface area contributed by atoms with Crippen molar-refractivity contribution in [3.05, 3.63) is 156 Å². The minimum Gasteiger partial charge on any atom is -0.494 e. The van der Waals surface area contributed by atoms with E-state index in [1.165, 1.54) is 61.8 Å². The summed E-state index contributed by atoms with van der Waals surface area (Å²) in [6, 6.07) is 40.5. The molecule has 1 saturated carbocycles. The van der Waals surface area contributed by atoms with Gasteiger partial charge in [-0.05, 0) is 116 Å². The van der Waals surface area contributed by atoms with Gasteiger partial charge in [0.25, 0.3) is 0 Å². The molecule has 1 aliphatic heterocycles. The standard InChI is InChI=1S/C55H61ClFN7O2/c1-61(38-41-12-6-4-7-13-41)47-20-22-50(23-21-47)66-51-26-24-49(25-27-51)65-33-11-3-2-10-28-62-29-31-63(32-30-62)39-42-16-18-43(19-17-42)53-40-64(48-14-8-5-9-15-48)54-52(53)37-58-55(60-54)59-46-35-44(56)34-45(57)36-46/h4,6-7,12-13,16-27,34-37,40,48H,2-3,5,8-11,14-15,28-33,38-39H2,1H3,(H,58,59,60). The van der Waals surface area contributed by atoms with Gasteiger partial charge >= 0.3 is 0 Å². The van der Waals surface area contributed by atoms with Crippen molar-refractivity contribution >= 4 is 40.0 Å². The molecular formula is C55H61ClFN7O2. The molecule has 66 heavy (non-hydrogen) atoms. The molecule has 0 spiro atoms. The highest BCUT2D eigenvalue weighted by Crippen LogP contribution is 2.37. The molecule has 5 aromatic carbocycles. The third-order valence-electron chi connectivity index (χ3n) is 13.0. The first kappa shape index (κ1) is 45.2. The summed E-state index contributed by atoms with van der Waals surface area (Å²) < 4.78 is 28.6. The molecule has 0 bridgehead atoms. The van der Waals surface area contributed by atoms with Crippen LogP contribution in [0.5, 0.6) is 17.2 Å². The zero-order valence-electron chi connectivity index (χ0n) is 38.1. The van der Waals surface area contributed by atoms with Crippen molar-refractivity contribution in [2.75, 3.05) is 56.6 Å². The molecule has 0 amide bonds. The lowest BCUT2D eigenvalue weighted by Gasteiger charge is -2.34. The summed E-state index contributed by atoms with van der Waals surface area (Å²) in [5.74, 6) is 2.51. The van der Waals surface area contributed by atoms with Gasteiger partial charge in [0, 0.05) is 92.1 Å². The van der Waals surface area contributed by atoms with Crippen LogP contribution in [0.2, 0.25) is 5.02 Å². The lowest BCUT2D eigenvalue weighted by Crippen LogP contribution is -2.46. The van der Waals surface area contributed by atoms with Crippen molar-refractivity contribution in [2.24, 2.45) is 0 Å². The number of nitrogens with zero attached hydrogens (tertiary/aromatic N) is 6. The maximum Gasteiger partial charge on any atom is 0.229 e. The van der Waals surface area contributed by atoms with Gasteiger partial charge in [-0.25, -0.2) is 9.37 Å². The van der Waals surface area contributed by atoms with Gasteiger partial charge < -0.3 is 29.2 Å². The van der Waals surface area contributed by atoms with E-state index in [9.17, 15) is 4.39 Å². The largest absolute Gasteiger partial charge is 0.494 e. The van der Waals surface area contributed by atoms with Crippen molar-refractivity contribution in [1.82, 2.24) is 24.3 Å². The van der Waals surface area contributed by atoms with Gasteiger partial charge in [0.2, 0.25) is 5.95 Å². The summed E-state index contributed by atoms with van der Waals surface area (Å²) in [5, 5.41) is 4.51. The van der Waals surface area contributed by atoms with Crippen LogP contribution in [0.25, 0.3) is 22.2 Å². The van der Waals surface area contributed by atoms with Gasteiger partial charge in [-0.1, -0.05) is 98.3 Å². The molecule has 2 fully saturated rings. The van der Waals surface area contributed by atoms with E-state index in [4.69, 9.17) is 26.1 Å². The minimum absolute atomic E-state index is 0.325. The number of benzene rings is 5. The van der Waals surface area contributed by atoms with Gasteiger partial charge in [-0.3, -0.25) is 4.90 Å². The summed E-state index contributed by atoms with van der Waals surface area (Å²) in [4.78, 5) is 17.1. The van der Waals surface area contributed by atoms with Crippen LogP contribution in [-0.2, 0) is 13.1 Å². The molecule has 1 N–H and O–H groups in total. The van der Waals surface area contributed by atoms with Crippen molar-refractivity contribution < 1.29 is 13.9 Å². The number of aromatic nitrogens is 3. The third-order valence-corrected chi connectivity index (χ3v) is 13.2. The number of fused-ring (bicyclic) bond motifs is 1. The Kier molecular flexibility index (Phi) is 15.1. The maximum atomic E-state index is 14.1. The monoisotopic (exact) mass is 905 g/mol. The lowest BCUT2D eigenvalue weighted by molar-refractivity contribution is 0.125. The zero-order valence-corrected chi connectivity index (χ0v) is 38.8. The molecular weight excluding hydrogens is 845 g/mol.